The summed E-state index contributed by atoms with van der Waals surface area (Å²) in [6, 6.07) is 19.1. The van der Waals surface area contributed by atoms with Gasteiger partial charge in [0, 0.05) is 12.6 Å². The molecule has 20 heavy (non-hydrogen) atoms. The lowest BCUT2D eigenvalue weighted by molar-refractivity contribution is 0.210. The highest BCUT2D eigenvalue weighted by Crippen LogP contribution is 2.19. The fourth-order valence-electron chi connectivity index (χ4n) is 2.21. The maximum atomic E-state index is 9.30. The molecule has 2 heteroatoms. The normalized spacial score (nSPS) is 12.6. The predicted molar refractivity (Wildman–Crippen MR) is 84.4 cm³/mol. The van der Waals surface area contributed by atoms with E-state index < -0.39 is 0 Å². The Balaban J connectivity index is 1.99. The van der Waals surface area contributed by atoms with Gasteiger partial charge >= 0.3 is 0 Å². The van der Waals surface area contributed by atoms with Gasteiger partial charge < -0.3 is 10.4 Å². The molecule has 0 fully saturated rings. The lowest BCUT2D eigenvalue weighted by Gasteiger charge is -2.20. The summed E-state index contributed by atoms with van der Waals surface area (Å²) in [5.74, 6) is 0.434. The van der Waals surface area contributed by atoms with Gasteiger partial charge in [0.2, 0.25) is 0 Å². The number of aliphatic hydroxyl groups excluding tert-OH is 1. The third-order valence-electron chi connectivity index (χ3n) is 3.63. The molecule has 0 amide bonds. The zero-order valence-electron chi connectivity index (χ0n) is 12.2. The summed E-state index contributed by atoms with van der Waals surface area (Å²) in [7, 11) is 0. The second kappa shape index (κ2) is 7.22. The van der Waals surface area contributed by atoms with E-state index in [1.165, 1.54) is 16.7 Å². The van der Waals surface area contributed by atoms with E-state index in [0.717, 1.165) is 6.54 Å². The second-order valence-corrected chi connectivity index (χ2v) is 5.48. The SMILES string of the molecule is CC(C)C(CO)NCc1ccc(-c2ccccc2)cc1. The Morgan fingerprint density at radius 2 is 1.50 bits per heavy atom. The van der Waals surface area contributed by atoms with Crippen molar-refractivity contribution in [3.63, 3.8) is 0 Å². The van der Waals surface area contributed by atoms with E-state index in [9.17, 15) is 5.11 Å². The summed E-state index contributed by atoms with van der Waals surface area (Å²) >= 11 is 0. The summed E-state index contributed by atoms with van der Waals surface area (Å²) in [4.78, 5) is 0. The molecular formula is C18H23NO. The van der Waals surface area contributed by atoms with Crippen LogP contribution in [-0.4, -0.2) is 17.8 Å². The Morgan fingerprint density at radius 1 is 0.900 bits per heavy atom. The quantitative estimate of drug-likeness (QED) is 0.841. The Hall–Kier alpha value is -1.64. The Morgan fingerprint density at radius 3 is 2.05 bits per heavy atom. The van der Waals surface area contributed by atoms with E-state index in [1.807, 2.05) is 6.07 Å². The summed E-state index contributed by atoms with van der Waals surface area (Å²) in [5.41, 5.74) is 3.71. The molecule has 0 aliphatic carbocycles. The van der Waals surface area contributed by atoms with E-state index in [4.69, 9.17) is 0 Å². The first-order chi connectivity index (χ1) is 9.70. The predicted octanol–water partition coefficient (Wildman–Crippen LogP) is 3.46. The molecule has 1 atom stereocenters. The van der Waals surface area contributed by atoms with Crippen LogP contribution in [0.15, 0.2) is 54.6 Å². The minimum absolute atomic E-state index is 0.156. The van der Waals surface area contributed by atoms with Crippen LogP contribution in [0.5, 0.6) is 0 Å². The number of aliphatic hydroxyl groups is 1. The highest BCUT2D eigenvalue weighted by Gasteiger charge is 2.10. The largest absolute Gasteiger partial charge is 0.395 e. The van der Waals surface area contributed by atoms with Crippen molar-refractivity contribution >= 4 is 0 Å². The van der Waals surface area contributed by atoms with Crippen molar-refractivity contribution in [2.45, 2.75) is 26.4 Å². The zero-order valence-corrected chi connectivity index (χ0v) is 12.2. The van der Waals surface area contributed by atoms with Crippen LogP contribution in [-0.2, 0) is 6.54 Å². The molecule has 0 aromatic heterocycles. The molecule has 0 spiro atoms. The van der Waals surface area contributed by atoms with Crippen molar-refractivity contribution in [3.05, 3.63) is 60.2 Å². The number of hydrogen-bond donors (Lipinski definition) is 2. The average Bonchev–Trinajstić information content (AvgIpc) is 2.49. The molecule has 0 bridgehead atoms. The number of hydrogen-bond acceptors (Lipinski definition) is 2. The van der Waals surface area contributed by atoms with Gasteiger partial charge in [-0.3, -0.25) is 0 Å². The van der Waals surface area contributed by atoms with Crippen LogP contribution in [0.1, 0.15) is 19.4 Å². The zero-order chi connectivity index (χ0) is 14.4. The maximum Gasteiger partial charge on any atom is 0.0587 e. The molecule has 0 radical (unpaired) electrons. The topological polar surface area (TPSA) is 32.3 Å². The van der Waals surface area contributed by atoms with Gasteiger partial charge in [0.05, 0.1) is 6.61 Å². The lowest BCUT2D eigenvalue weighted by atomic mass is 10.0. The Labute approximate surface area is 121 Å². The number of rotatable bonds is 6. The van der Waals surface area contributed by atoms with E-state index in [-0.39, 0.29) is 12.6 Å². The smallest absolute Gasteiger partial charge is 0.0587 e. The Bertz CT molecular complexity index is 505. The van der Waals surface area contributed by atoms with E-state index >= 15 is 0 Å². The highest BCUT2D eigenvalue weighted by molar-refractivity contribution is 5.63. The minimum Gasteiger partial charge on any atom is -0.395 e. The summed E-state index contributed by atoms with van der Waals surface area (Å²) in [6.07, 6.45) is 0. The van der Waals surface area contributed by atoms with Crippen molar-refractivity contribution < 1.29 is 5.11 Å². The molecular weight excluding hydrogens is 246 g/mol. The van der Waals surface area contributed by atoms with Gasteiger partial charge in [-0.05, 0) is 22.6 Å². The monoisotopic (exact) mass is 269 g/mol. The molecule has 2 nitrogen and oxygen atoms in total. The van der Waals surface area contributed by atoms with E-state index in [0.29, 0.717) is 5.92 Å². The summed E-state index contributed by atoms with van der Waals surface area (Å²) in [6.45, 7) is 5.21. The van der Waals surface area contributed by atoms with Gasteiger partial charge in [-0.1, -0.05) is 68.4 Å². The number of benzene rings is 2. The van der Waals surface area contributed by atoms with Crippen LogP contribution in [0.3, 0.4) is 0 Å². The second-order valence-electron chi connectivity index (χ2n) is 5.48. The van der Waals surface area contributed by atoms with Crippen LogP contribution in [0.25, 0.3) is 11.1 Å². The Kier molecular flexibility index (Phi) is 5.33. The van der Waals surface area contributed by atoms with Gasteiger partial charge in [-0.2, -0.15) is 0 Å². The van der Waals surface area contributed by atoms with Gasteiger partial charge in [-0.15, -0.1) is 0 Å². The minimum atomic E-state index is 0.156. The van der Waals surface area contributed by atoms with Gasteiger partial charge in [0.1, 0.15) is 0 Å². The van der Waals surface area contributed by atoms with Crippen molar-refractivity contribution in [3.8, 4) is 11.1 Å². The van der Waals surface area contributed by atoms with Gasteiger partial charge in [0.25, 0.3) is 0 Å². The van der Waals surface area contributed by atoms with Crippen LogP contribution >= 0.6 is 0 Å². The van der Waals surface area contributed by atoms with E-state index in [2.05, 4.69) is 67.7 Å². The molecule has 0 heterocycles. The van der Waals surface area contributed by atoms with Crippen molar-refractivity contribution in [2.75, 3.05) is 6.61 Å². The average molecular weight is 269 g/mol. The van der Waals surface area contributed by atoms with Gasteiger partial charge in [0.15, 0.2) is 0 Å². The van der Waals surface area contributed by atoms with Crippen molar-refractivity contribution in [1.29, 1.82) is 0 Å². The standard InChI is InChI=1S/C18H23NO/c1-14(2)18(13-20)19-12-15-8-10-17(11-9-15)16-6-4-3-5-7-16/h3-11,14,18-20H,12-13H2,1-2H3. The van der Waals surface area contributed by atoms with Gasteiger partial charge in [-0.25, -0.2) is 0 Å². The lowest BCUT2D eigenvalue weighted by Crippen LogP contribution is -2.36. The molecule has 0 aliphatic heterocycles. The molecule has 2 aromatic carbocycles. The van der Waals surface area contributed by atoms with Crippen LogP contribution in [0, 0.1) is 5.92 Å². The first-order valence-corrected chi connectivity index (χ1v) is 7.19. The fourth-order valence-corrected chi connectivity index (χ4v) is 2.21. The molecule has 0 saturated carbocycles. The third-order valence-corrected chi connectivity index (χ3v) is 3.63. The highest BCUT2D eigenvalue weighted by atomic mass is 16.3. The third kappa shape index (κ3) is 3.92. The molecule has 2 N–H and O–H groups in total. The van der Waals surface area contributed by atoms with Crippen LogP contribution < -0.4 is 5.32 Å². The van der Waals surface area contributed by atoms with Crippen molar-refractivity contribution in [1.82, 2.24) is 5.32 Å². The van der Waals surface area contributed by atoms with E-state index in [1.54, 1.807) is 0 Å². The summed E-state index contributed by atoms with van der Waals surface area (Å²) in [5, 5.41) is 12.7. The number of nitrogens with one attached hydrogen (secondary N) is 1. The molecule has 0 aliphatic rings. The molecule has 2 rings (SSSR count). The first-order valence-electron chi connectivity index (χ1n) is 7.19. The van der Waals surface area contributed by atoms with Crippen LogP contribution in [0.2, 0.25) is 0 Å². The summed E-state index contributed by atoms with van der Waals surface area (Å²) < 4.78 is 0. The molecule has 1 unspecified atom stereocenters. The first kappa shape index (κ1) is 14.8. The molecule has 2 aromatic rings. The van der Waals surface area contributed by atoms with Crippen LogP contribution in [0.4, 0.5) is 0 Å². The molecule has 106 valence electrons. The fraction of sp³-hybridized carbons (Fsp3) is 0.333. The van der Waals surface area contributed by atoms with Crippen molar-refractivity contribution in [2.24, 2.45) is 5.92 Å². The maximum absolute atomic E-state index is 9.30. The molecule has 0 saturated heterocycles.